The Labute approximate surface area is 201 Å². The maximum absolute atomic E-state index is 13.6. The van der Waals surface area contributed by atoms with Crippen molar-refractivity contribution in [3.8, 4) is 11.1 Å². The van der Waals surface area contributed by atoms with Crippen LogP contribution in [0.15, 0.2) is 72.1 Å². The van der Waals surface area contributed by atoms with E-state index in [0.29, 0.717) is 5.56 Å². The van der Waals surface area contributed by atoms with Crippen molar-refractivity contribution in [2.45, 2.75) is 37.3 Å². The number of hydrazone groups is 1. The van der Waals surface area contributed by atoms with Crippen LogP contribution >= 0.6 is 11.6 Å². The van der Waals surface area contributed by atoms with Crippen molar-refractivity contribution in [3.05, 3.63) is 83.1 Å². The molecule has 1 unspecified atom stereocenters. The first kappa shape index (κ1) is 25.0. The third-order valence-electron chi connectivity index (χ3n) is 5.89. The first-order chi connectivity index (χ1) is 16.3. The number of aliphatic hydroxyl groups is 1. The Bertz CT molecular complexity index is 1240. The maximum atomic E-state index is 13.6. The number of pyridine rings is 1. The van der Waals surface area contributed by atoms with E-state index < -0.39 is 36.1 Å². The highest BCUT2D eigenvalue weighted by atomic mass is 35.5. The van der Waals surface area contributed by atoms with Gasteiger partial charge >= 0.3 is 12.4 Å². The van der Waals surface area contributed by atoms with Crippen LogP contribution < -0.4 is 5.01 Å². The number of alkyl halides is 6. The number of anilines is 1. The van der Waals surface area contributed by atoms with Crippen LogP contribution in [-0.2, 0) is 0 Å². The number of nitrogens with zero attached hydrogens (tertiary/aromatic N) is 3. The number of aromatic nitrogens is 1. The molecule has 3 aromatic rings. The van der Waals surface area contributed by atoms with E-state index in [9.17, 15) is 31.4 Å². The lowest BCUT2D eigenvalue weighted by Gasteiger charge is -2.32. The Kier molecular flexibility index (Phi) is 6.31. The van der Waals surface area contributed by atoms with Gasteiger partial charge in [0.15, 0.2) is 0 Å². The molecule has 1 atom stereocenters. The smallest absolute Gasteiger partial charge is 0.369 e. The van der Waals surface area contributed by atoms with E-state index in [2.05, 4.69) is 10.1 Å². The molecule has 0 aliphatic carbocycles. The van der Waals surface area contributed by atoms with Gasteiger partial charge in [-0.3, -0.25) is 9.99 Å². The highest BCUT2D eigenvalue weighted by Gasteiger charge is 2.74. The summed E-state index contributed by atoms with van der Waals surface area (Å²) in [5, 5.41) is 14.7. The lowest BCUT2D eigenvalue weighted by Crippen LogP contribution is -2.62. The highest BCUT2D eigenvalue weighted by molar-refractivity contribution is 6.33. The van der Waals surface area contributed by atoms with Crippen molar-refractivity contribution in [3.63, 3.8) is 0 Å². The Morgan fingerprint density at radius 1 is 0.943 bits per heavy atom. The topological polar surface area (TPSA) is 48.7 Å². The summed E-state index contributed by atoms with van der Waals surface area (Å²) in [6.07, 6.45) is -9.61. The van der Waals surface area contributed by atoms with Crippen LogP contribution in [0, 0.1) is 6.92 Å². The van der Waals surface area contributed by atoms with Crippen molar-refractivity contribution < 1.29 is 31.4 Å². The largest absolute Gasteiger partial charge is 0.431 e. The van der Waals surface area contributed by atoms with Gasteiger partial charge in [0, 0.05) is 24.4 Å². The Hall–Kier alpha value is -3.11. The van der Waals surface area contributed by atoms with Crippen LogP contribution in [0.25, 0.3) is 11.1 Å². The van der Waals surface area contributed by atoms with Crippen LogP contribution in [0.1, 0.15) is 23.6 Å². The monoisotopic (exact) mass is 513 g/mol. The summed E-state index contributed by atoms with van der Waals surface area (Å²) in [6.45, 7) is 1.89. The van der Waals surface area contributed by atoms with Gasteiger partial charge in [-0.25, -0.2) is 0 Å². The second-order valence-electron chi connectivity index (χ2n) is 8.08. The van der Waals surface area contributed by atoms with Gasteiger partial charge in [-0.2, -0.15) is 31.4 Å². The van der Waals surface area contributed by atoms with Crippen molar-refractivity contribution in [2.75, 3.05) is 5.01 Å². The van der Waals surface area contributed by atoms with E-state index in [1.165, 1.54) is 18.2 Å². The molecule has 35 heavy (non-hydrogen) atoms. The van der Waals surface area contributed by atoms with Gasteiger partial charge in [0.2, 0.25) is 0 Å². The molecule has 11 heteroatoms. The SMILES string of the molecule is Cc1ccncc1-c1ccc(C2CC(C(O)(C(F)(F)F)C(F)(F)F)=NN2c2ccccc2Cl)cc1. The molecule has 4 rings (SSSR count). The number of aryl methyl sites for hydroxylation is 1. The first-order valence-corrected chi connectivity index (χ1v) is 10.7. The van der Waals surface area contributed by atoms with E-state index in [0.717, 1.165) is 21.7 Å². The van der Waals surface area contributed by atoms with Gasteiger partial charge in [-0.1, -0.05) is 48.0 Å². The standard InChI is InChI=1S/C24H18ClF6N3O/c1-14-10-11-32-13-17(14)15-6-8-16(9-7-15)20-12-21(22(35,23(26,27)28)24(29,30)31)33-34(20)19-5-3-2-4-18(19)25/h2-11,13,20,35H,12H2,1H3. The molecule has 0 fully saturated rings. The molecule has 2 heterocycles. The van der Waals surface area contributed by atoms with Gasteiger partial charge < -0.3 is 5.11 Å². The molecule has 0 amide bonds. The van der Waals surface area contributed by atoms with E-state index in [-0.39, 0.29) is 10.7 Å². The van der Waals surface area contributed by atoms with Crippen LogP contribution in [0.5, 0.6) is 0 Å². The Morgan fingerprint density at radius 3 is 2.14 bits per heavy atom. The summed E-state index contributed by atoms with van der Waals surface area (Å²) in [5.74, 6) is 0. The first-order valence-electron chi connectivity index (χ1n) is 10.3. The summed E-state index contributed by atoms with van der Waals surface area (Å²) in [5.41, 5.74) is -3.54. The Balaban J connectivity index is 1.80. The number of hydrogen-bond acceptors (Lipinski definition) is 4. The van der Waals surface area contributed by atoms with Crippen LogP contribution in [0.3, 0.4) is 0 Å². The fourth-order valence-electron chi connectivity index (χ4n) is 3.99. The zero-order chi connectivity index (χ0) is 25.6. The quantitative estimate of drug-likeness (QED) is 0.387. The molecular weight excluding hydrogens is 496 g/mol. The molecule has 184 valence electrons. The minimum absolute atomic E-state index is 0.0765. The average Bonchev–Trinajstić information content (AvgIpc) is 3.23. The lowest BCUT2D eigenvalue weighted by atomic mass is 9.89. The molecule has 1 aliphatic rings. The van der Waals surface area contributed by atoms with Gasteiger partial charge in [0.1, 0.15) is 0 Å². The van der Waals surface area contributed by atoms with Crippen molar-refractivity contribution in [1.82, 2.24) is 4.98 Å². The van der Waals surface area contributed by atoms with Crippen LogP contribution in [-0.4, -0.2) is 33.8 Å². The summed E-state index contributed by atoms with van der Waals surface area (Å²) >= 11 is 6.20. The average molecular weight is 514 g/mol. The van der Waals surface area contributed by atoms with Gasteiger partial charge in [0.25, 0.3) is 5.60 Å². The number of rotatable bonds is 4. The third kappa shape index (κ3) is 4.36. The second kappa shape index (κ2) is 8.83. The van der Waals surface area contributed by atoms with Gasteiger partial charge in [-0.05, 0) is 41.8 Å². The van der Waals surface area contributed by atoms with E-state index in [1.54, 1.807) is 42.7 Å². The second-order valence-corrected chi connectivity index (χ2v) is 8.49. The fraction of sp³-hybridized carbons (Fsp3) is 0.250. The van der Waals surface area contributed by atoms with E-state index in [4.69, 9.17) is 11.6 Å². The van der Waals surface area contributed by atoms with Crippen LogP contribution in [0.2, 0.25) is 5.02 Å². The maximum Gasteiger partial charge on any atom is 0.431 e. The molecule has 0 saturated carbocycles. The summed E-state index contributed by atoms with van der Waals surface area (Å²) < 4.78 is 81.4. The predicted molar refractivity (Wildman–Crippen MR) is 120 cm³/mol. The minimum Gasteiger partial charge on any atom is -0.369 e. The molecule has 1 N–H and O–H groups in total. The molecule has 0 radical (unpaired) electrons. The van der Waals surface area contributed by atoms with E-state index in [1.807, 2.05) is 13.0 Å². The number of hydrogen-bond donors (Lipinski definition) is 1. The summed E-state index contributed by atoms with van der Waals surface area (Å²) in [6, 6.07) is 13.3. The normalized spacial score (nSPS) is 17.0. The molecule has 2 aromatic carbocycles. The summed E-state index contributed by atoms with van der Waals surface area (Å²) in [4.78, 5) is 4.08. The third-order valence-corrected chi connectivity index (χ3v) is 6.21. The molecule has 0 saturated heterocycles. The Morgan fingerprint density at radius 2 is 1.57 bits per heavy atom. The van der Waals surface area contributed by atoms with Crippen molar-refractivity contribution in [2.24, 2.45) is 5.10 Å². The number of benzene rings is 2. The minimum atomic E-state index is -6.03. The summed E-state index contributed by atoms with van der Waals surface area (Å²) in [7, 11) is 0. The van der Waals surface area contributed by atoms with Crippen LogP contribution in [0.4, 0.5) is 32.0 Å². The molecule has 1 aromatic heterocycles. The van der Waals surface area contributed by atoms with Gasteiger partial charge in [-0.15, -0.1) is 0 Å². The highest BCUT2D eigenvalue weighted by Crippen LogP contribution is 2.49. The number of para-hydroxylation sites is 1. The molecule has 1 aliphatic heterocycles. The van der Waals surface area contributed by atoms with Crippen molar-refractivity contribution >= 4 is 23.0 Å². The number of halogens is 7. The molecule has 0 bridgehead atoms. The fourth-order valence-corrected chi connectivity index (χ4v) is 4.21. The zero-order valence-electron chi connectivity index (χ0n) is 18.1. The molecule has 0 spiro atoms. The van der Waals surface area contributed by atoms with Crippen molar-refractivity contribution in [1.29, 1.82) is 0 Å². The zero-order valence-corrected chi connectivity index (χ0v) is 18.8. The predicted octanol–water partition coefficient (Wildman–Crippen LogP) is 6.87. The van der Waals surface area contributed by atoms with E-state index >= 15 is 0 Å². The van der Waals surface area contributed by atoms with Gasteiger partial charge in [0.05, 0.1) is 22.5 Å². The molecule has 4 nitrogen and oxygen atoms in total. The molecular formula is C24H18ClF6N3O. The lowest BCUT2D eigenvalue weighted by molar-refractivity contribution is -0.338.